The lowest BCUT2D eigenvalue weighted by Gasteiger charge is -2.09. The van der Waals surface area contributed by atoms with Gasteiger partial charge in [0.25, 0.3) is 0 Å². The number of ether oxygens (including phenoxy) is 2. The van der Waals surface area contributed by atoms with Gasteiger partial charge in [-0.1, -0.05) is 11.6 Å². The predicted octanol–water partition coefficient (Wildman–Crippen LogP) is 1.64. The Bertz CT molecular complexity index is 431. The summed E-state index contributed by atoms with van der Waals surface area (Å²) in [5, 5.41) is 0.361. The molecule has 0 radical (unpaired) electrons. The van der Waals surface area contributed by atoms with Crippen LogP contribution in [0.15, 0.2) is 6.07 Å². The zero-order valence-electron chi connectivity index (χ0n) is 8.17. The van der Waals surface area contributed by atoms with Crippen molar-refractivity contribution in [2.75, 3.05) is 19.5 Å². The Kier molecular flexibility index (Phi) is 2.44. The summed E-state index contributed by atoms with van der Waals surface area (Å²) in [6, 6.07) is 1.48. The Balaban J connectivity index is 2.62. The minimum atomic E-state index is -0.463. The summed E-state index contributed by atoms with van der Waals surface area (Å²) < 4.78 is 9.99. The molecule has 5 heteroatoms. The van der Waals surface area contributed by atoms with Crippen LogP contribution in [0.4, 0.5) is 5.69 Å². The Morgan fingerprint density at radius 3 is 3.07 bits per heavy atom. The largest absolute Gasteiger partial charge is 0.492 e. The molecule has 2 rings (SSSR count). The first-order valence-corrected chi connectivity index (χ1v) is 4.85. The van der Waals surface area contributed by atoms with Gasteiger partial charge in [-0.3, -0.25) is 0 Å². The fraction of sp³-hybridized carbons (Fsp3) is 0.300. The van der Waals surface area contributed by atoms with Gasteiger partial charge < -0.3 is 15.2 Å². The highest BCUT2D eigenvalue weighted by Crippen LogP contribution is 2.38. The van der Waals surface area contributed by atoms with E-state index in [0.717, 1.165) is 5.56 Å². The third-order valence-electron chi connectivity index (χ3n) is 2.38. The lowest BCUT2D eigenvalue weighted by molar-refractivity contribution is 0.0597. The van der Waals surface area contributed by atoms with Gasteiger partial charge in [-0.05, 0) is 6.07 Å². The van der Waals surface area contributed by atoms with E-state index >= 15 is 0 Å². The summed E-state index contributed by atoms with van der Waals surface area (Å²) in [4.78, 5) is 11.4. The highest BCUT2D eigenvalue weighted by Gasteiger charge is 2.25. The van der Waals surface area contributed by atoms with E-state index in [0.29, 0.717) is 35.1 Å². The summed E-state index contributed by atoms with van der Waals surface area (Å²) in [7, 11) is 1.31. The first-order valence-electron chi connectivity index (χ1n) is 4.47. The normalized spacial score (nSPS) is 13.2. The predicted molar refractivity (Wildman–Crippen MR) is 56.4 cm³/mol. The quantitative estimate of drug-likeness (QED) is 0.585. The molecule has 1 aromatic rings. The average molecular weight is 228 g/mol. The van der Waals surface area contributed by atoms with Crippen molar-refractivity contribution < 1.29 is 14.3 Å². The topological polar surface area (TPSA) is 61.5 Å². The number of carbonyl (C=O) groups is 1. The van der Waals surface area contributed by atoms with Gasteiger partial charge in [0.2, 0.25) is 0 Å². The molecule has 80 valence electrons. The zero-order chi connectivity index (χ0) is 11.0. The maximum absolute atomic E-state index is 11.4. The molecule has 4 nitrogen and oxygen atoms in total. The molecule has 0 saturated heterocycles. The Morgan fingerprint density at radius 1 is 1.67 bits per heavy atom. The Hall–Kier alpha value is -1.42. The first-order chi connectivity index (χ1) is 7.15. The second-order valence-electron chi connectivity index (χ2n) is 3.22. The molecule has 0 aromatic heterocycles. The van der Waals surface area contributed by atoms with Crippen molar-refractivity contribution in [3.63, 3.8) is 0 Å². The number of fused-ring (bicyclic) bond motifs is 1. The minimum absolute atomic E-state index is 0.337. The lowest BCUT2D eigenvalue weighted by Crippen LogP contribution is -2.05. The van der Waals surface area contributed by atoms with Crippen LogP contribution >= 0.6 is 11.6 Å². The molecule has 1 aliphatic heterocycles. The van der Waals surface area contributed by atoms with Crippen LogP contribution in [0.2, 0.25) is 5.02 Å². The van der Waals surface area contributed by atoms with Crippen molar-refractivity contribution in [1.29, 1.82) is 0 Å². The van der Waals surface area contributed by atoms with Gasteiger partial charge in [-0.15, -0.1) is 0 Å². The number of halogens is 1. The number of carbonyl (C=O) groups excluding carboxylic acids is 1. The number of anilines is 1. The summed E-state index contributed by atoms with van der Waals surface area (Å²) >= 11 is 5.91. The lowest BCUT2D eigenvalue weighted by atomic mass is 10.1. The maximum Gasteiger partial charge on any atom is 0.341 e. The van der Waals surface area contributed by atoms with Crippen LogP contribution in [0.3, 0.4) is 0 Å². The van der Waals surface area contributed by atoms with E-state index in [1.165, 1.54) is 13.2 Å². The van der Waals surface area contributed by atoms with Gasteiger partial charge in [-0.25, -0.2) is 4.79 Å². The second kappa shape index (κ2) is 3.62. The van der Waals surface area contributed by atoms with Crippen LogP contribution in [0, 0.1) is 0 Å². The van der Waals surface area contributed by atoms with E-state index in [1.54, 1.807) is 0 Å². The molecule has 2 N–H and O–H groups in total. The van der Waals surface area contributed by atoms with Crippen molar-refractivity contribution in [3.8, 4) is 5.75 Å². The Labute approximate surface area is 91.9 Å². The van der Waals surface area contributed by atoms with Crippen LogP contribution in [-0.2, 0) is 11.2 Å². The van der Waals surface area contributed by atoms with Crippen LogP contribution in [0.1, 0.15) is 15.9 Å². The van der Waals surface area contributed by atoms with Crippen LogP contribution in [0.5, 0.6) is 5.75 Å². The SMILES string of the molecule is COC(=O)c1cc(Cl)c(N)c2c1OCC2. The molecule has 0 saturated carbocycles. The molecular weight excluding hydrogens is 218 g/mol. The number of nitrogen functional groups attached to an aromatic ring is 1. The fourth-order valence-corrected chi connectivity index (χ4v) is 1.85. The smallest absolute Gasteiger partial charge is 0.341 e. The first kappa shape index (κ1) is 10.1. The summed E-state index contributed by atoms with van der Waals surface area (Å²) in [6.45, 7) is 0.518. The van der Waals surface area contributed by atoms with Crippen LogP contribution < -0.4 is 10.5 Å². The van der Waals surface area contributed by atoms with E-state index in [1.807, 2.05) is 0 Å². The average Bonchev–Trinajstić information content (AvgIpc) is 2.71. The molecule has 0 atom stereocenters. The van der Waals surface area contributed by atoms with Crippen LogP contribution in [0.25, 0.3) is 0 Å². The molecule has 0 amide bonds. The number of esters is 1. The Morgan fingerprint density at radius 2 is 2.40 bits per heavy atom. The zero-order valence-corrected chi connectivity index (χ0v) is 8.93. The van der Waals surface area contributed by atoms with E-state index < -0.39 is 5.97 Å². The molecule has 1 heterocycles. The number of nitrogens with two attached hydrogens (primary N) is 1. The van der Waals surface area contributed by atoms with Crippen molar-refractivity contribution in [2.24, 2.45) is 0 Å². The molecule has 0 aliphatic carbocycles. The van der Waals surface area contributed by atoms with Gasteiger partial charge in [0.15, 0.2) is 0 Å². The monoisotopic (exact) mass is 227 g/mol. The molecule has 0 fully saturated rings. The molecule has 0 spiro atoms. The number of hydrogen-bond donors (Lipinski definition) is 1. The van der Waals surface area contributed by atoms with E-state index in [2.05, 4.69) is 4.74 Å². The molecule has 15 heavy (non-hydrogen) atoms. The molecule has 0 bridgehead atoms. The third-order valence-corrected chi connectivity index (χ3v) is 2.69. The number of methoxy groups -OCH3 is 1. The van der Waals surface area contributed by atoms with E-state index in [-0.39, 0.29) is 0 Å². The van der Waals surface area contributed by atoms with E-state index in [9.17, 15) is 4.79 Å². The van der Waals surface area contributed by atoms with Crippen molar-refractivity contribution in [3.05, 3.63) is 22.2 Å². The molecular formula is C10H10ClNO3. The van der Waals surface area contributed by atoms with Crippen molar-refractivity contribution >= 4 is 23.3 Å². The highest BCUT2D eigenvalue weighted by molar-refractivity contribution is 6.33. The fourth-order valence-electron chi connectivity index (χ4n) is 1.63. The summed E-state index contributed by atoms with van der Waals surface area (Å²) in [5.41, 5.74) is 7.40. The standard InChI is InChI=1S/C10H10ClNO3/c1-14-10(13)6-4-7(11)8(12)5-2-3-15-9(5)6/h4H,2-3,12H2,1H3. The van der Waals surface area contributed by atoms with Gasteiger partial charge >= 0.3 is 5.97 Å². The van der Waals surface area contributed by atoms with Crippen LogP contribution in [-0.4, -0.2) is 19.7 Å². The van der Waals surface area contributed by atoms with Gasteiger partial charge in [0.05, 0.1) is 24.4 Å². The summed E-state index contributed by atoms with van der Waals surface area (Å²) in [6.07, 6.45) is 0.672. The number of benzene rings is 1. The highest BCUT2D eigenvalue weighted by atomic mass is 35.5. The molecule has 1 aliphatic rings. The molecule has 0 unspecified atom stereocenters. The number of rotatable bonds is 1. The third kappa shape index (κ3) is 1.51. The van der Waals surface area contributed by atoms with Crippen molar-refractivity contribution in [2.45, 2.75) is 6.42 Å². The van der Waals surface area contributed by atoms with Gasteiger partial charge in [-0.2, -0.15) is 0 Å². The summed E-state index contributed by atoms with van der Waals surface area (Å²) in [5.74, 6) is 0.0406. The van der Waals surface area contributed by atoms with E-state index in [4.69, 9.17) is 22.1 Å². The minimum Gasteiger partial charge on any atom is -0.492 e. The molecule has 1 aromatic carbocycles. The van der Waals surface area contributed by atoms with Crippen molar-refractivity contribution in [1.82, 2.24) is 0 Å². The maximum atomic E-state index is 11.4. The number of hydrogen-bond acceptors (Lipinski definition) is 4. The second-order valence-corrected chi connectivity index (χ2v) is 3.62. The van der Waals surface area contributed by atoms with Gasteiger partial charge in [0.1, 0.15) is 11.3 Å². The van der Waals surface area contributed by atoms with Gasteiger partial charge in [0, 0.05) is 12.0 Å².